The number of fused-ring (bicyclic) bond motifs is 1. The first-order valence-electron chi connectivity index (χ1n) is 9.44. The summed E-state index contributed by atoms with van der Waals surface area (Å²) in [6, 6.07) is 4.92. The van der Waals surface area contributed by atoms with Crippen molar-refractivity contribution in [2.75, 3.05) is 12.3 Å². The van der Waals surface area contributed by atoms with Crippen LogP contribution in [0.15, 0.2) is 41.6 Å². The zero-order valence-electron chi connectivity index (χ0n) is 17.1. The number of rotatable bonds is 4. The molecule has 4 rings (SSSR count). The van der Waals surface area contributed by atoms with Gasteiger partial charge in [0.25, 0.3) is 5.56 Å². The van der Waals surface area contributed by atoms with Crippen molar-refractivity contribution in [1.82, 2.24) is 24.7 Å². The number of nitrogens with zero attached hydrogens (tertiary/aromatic N) is 4. The number of nitrogens with two attached hydrogens (primary N) is 1. The van der Waals surface area contributed by atoms with Gasteiger partial charge in [0.2, 0.25) is 5.88 Å². The molecule has 0 aliphatic carbocycles. The van der Waals surface area contributed by atoms with Crippen LogP contribution in [0.3, 0.4) is 0 Å². The van der Waals surface area contributed by atoms with Crippen LogP contribution in [0.2, 0.25) is 0 Å². The van der Waals surface area contributed by atoms with Gasteiger partial charge in [0, 0.05) is 17.8 Å². The summed E-state index contributed by atoms with van der Waals surface area (Å²) in [6.45, 7) is 6.47. The molecule has 0 unspecified atom stereocenters. The Balaban J connectivity index is 1.94. The van der Waals surface area contributed by atoms with Crippen LogP contribution in [0, 0.1) is 17.0 Å². The van der Waals surface area contributed by atoms with E-state index in [1.165, 1.54) is 18.6 Å². The third kappa shape index (κ3) is 3.83. The average Bonchev–Trinajstić information content (AvgIpc) is 3.10. The lowest BCUT2D eigenvalue weighted by molar-refractivity contribution is 0.191. The lowest BCUT2D eigenvalue weighted by atomic mass is 9.99. The molecule has 3 aromatic heterocycles. The van der Waals surface area contributed by atoms with Crippen LogP contribution in [0.5, 0.6) is 5.88 Å². The highest BCUT2D eigenvalue weighted by Gasteiger charge is 2.21. The summed E-state index contributed by atoms with van der Waals surface area (Å²) >= 11 is 0. The average molecular weight is 426 g/mol. The van der Waals surface area contributed by atoms with E-state index in [1.807, 2.05) is 20.8 Å². The molecule has 0 amide bonds. The van der Waals surface area contributed by atoms with Gasteiger partial charge in [0.05, 0.1) is 17.8 Å². The van der Waals surface area contributed by atoms with Gasteiger partial charge in [-0.1, -0.05) is 26.8 Å². The first-order chi connectivity index (χ1) is 14.7. The second-order valence-electron chi connectivity index (χ2n) is 8.24. The Morgan fingerprint density at radius 2 is 1.90 bits per heavy atom. The molecule has 10 heteroatoms. The molecule has 0 fully saturated rings. The van der Waals surface area contributed by atoms with Crippen LogP contribution in [0.4, 0.5) is 14.6 Å². The molecule has 8 nitrogen and oxygen atoms in total. The zero-order chi connectivity index (χ0) is 22.3. The maximum atomic E-state index is 14.5. The van der Waals surface area contributed by atoms with Gasteiger partial charge in [0.1, 0.15) is 29.0 Å². The third-order valence-corrected chi connectivity index (χ3v) is 4.50. The summed E-state index contributed by atoms with van der Waals surface area (Å²) in [4.78, 5) is 21.4. The van der Waals surface area contributed by atoms with E-state index in [-0.39, 0.29) is 22.1 Å². The van der Waals surface area contributed by atoms with Crippen LogP contribution in [-0.2, 0) is 0 Å². The molecule has 4 aromatic rings. The van der Waals surface area contributed by atoms with Crippen LogP contribution in [0.1, 0.15) is 20.8 Å². The van der Waals surface area contributed by atoms with Crippen molar-refractivity contribution in [2.24, 2.45) is 5.41 Å². The van der Waals surface area contributed by atoms with E-state index in [0.717, 1.165) is 16.7 Å². The number of anilines is 1. The summed E-state index contributed by atoms with van der Waals surface area (Å²) in [7, 11) is 0. The Hall–Kier alpha value is -3.82. The minimum absolute atomic E-state index is 0.00377. The first-order valence-corrected chi connectivity index (χ1v) is 9.44. The maximum absolute atomic E-state index is 14.5. The lowest BCUT2D eigenvalue weighted by Gasteiger charge is -2.18. The molecule has 0 saturated heterocycles. The molecule has 0 radical (unpaired) electrons. The lowest BCUT2D eigenvalue weighted by Crippen LogP contribution is -2.21. The normalized spacial score (nSPS) is 11.8. The molecule has 0 spiro atoms. The van der Waals surface area contributed by atoms with E-state index in [0.29, 0.717) is 23.7 Å². The quantitative estimate of drug-likeness (QED) is 0.517. The molecule has 0 aliphatic rings. The van der Waals surface area contributed by atoms with Crippen LogP contribution in [0.25, 0.3) is 27.8 Å². The van der Waals surface area contributed by atoms with Gasteiger partial charge >= 0.3 is 0 Å². The largest absolute Gasteiger partial charge is 0.477 e. The number of para-hydroxylation sites is 1. The van der Waals surface area contributed by atoms with Crippen molar-refractivity contribution in [3.8, 4) is 22.8 Å². The number of pyridine rings is 1. The number of nitrogen functional groups attached to an aromatic ring is 1. The predicted octanol–water partition coefficient (Wildman–Crippen LogP) is 3.46. The van der Waals surface area contributed by atoms with Crippen molar-refractivity contribution in [1.29, 1.82) is 0 Å². The number of aromatic amines is 1. The molecular formula is C21H20F2N6O2. The van der Waals surface area contributed by atoms with E-state index < -0.39 is 22.9 Å². The number of nitrogens with one attached hydrogen (secondary N) is 1. The molecule has 160 valence electrons. The summed E-state index contributed by atoms with van der Waals surface area (Å²) < 4.78 is 35.5. The number of H-pyrrole nitrogens is 1. The Bertz CT molecular complexity index is 1320. The molecule has 3 N–H and O–H groups in total. The number of ether oxygens (including phenoxy) is 1. The fourth-order valence-corrected chi connectivity index (χ4v) is 3.08. The van der Waals surface area contributed by atoms with Crippen molar-refractivity contribution in [3.63, 3.8) is 0 Å². The monoisotopic (exact) mass is 426 g/mol. The predicted molar refractivity (Wildman–Crippen MR) is 112 cm³/mol. The van der Waals surface area contributed by atoms with Gasteiger partial charge in [-0.05, 0) is 17.5 Å². The van der Waals surface area contributed by atoms with E-state index in [9.17, 15) is 13.6 Å². The third-order valence-electron chi connectivity index (χ3n) is 4.50. The Morgan fingerprint density at radius 3 is 2.58 bits per heavy atom. The van der Waals surface area contributed by atoms with Crippen LogP contribution in [-0.4, -0.2) is 31.3 Å². The number of hydrogen-bond acceptors (Lipinski definition) is 6. The van der Waals surface area contributed by atoms with Crippen molar-refractivity contribution in [2.45, 2.75) is 20.8 Å². The molecule has 0 bridgehead atoms. The molecule has 0 aliphatic heterocycles. The smallest absolute Gasteiger partial charge is 0.268 e. The van der Waals surface area contributed by atoms with Gasteiger partial charge in [0.15, 0.2) is 5.82 Å². The summed E-state index contributed by atoms with van der Waals surface area (Å²) in [5.74, 6) is -1.57. The number of halogens is 2. The standard InChI is InChI=1S/C21H20F2N6O2/c1-21(2,3)9-31-15-7-14(25-10-26-15)11-8-29(18-12(22)5-4-6-13(18)23)20(30)16-17(11)27-28-19(16)24/h4-8,10H,9H2,1-3H3,(H3,24,27,28). The second kappa shape index (κ2) is 7.46. The minimum Gasteiger partial charge on any atom is -0.477 e. The number of benzene rings is 1. The van der Waals surface area contributed by atoms with E-state index in [1.54, 1.807) is 6.07 Å². The SMILES string of the molecule is CC(C)(C)COc1cc(-c2cn(-c3c(F)cccc3F)c(=O)c3c(N)n[nH]c23)ncn1. The van der Waals surface area contributed by atoms with Gasteiger partial charge < -0.3 is 10.5 Å². The highest BCUT2D eigenvalue weighted by atomic mass is 19.1. The minimum atomic E-state index is -0.897. The Labute approximate surface area is 175 Å². The van der Waals surface area contributed by atoms with Crippen molar-refractivity contribution < 1.29 is 13.5 Å². The van der Waals surface area contributed by atoms with Crippen LogP contribution < -0.4 is 16.0 Å². The van der Waals surface area contributed by atoms with E-state index in [2.05, 4.69) is 20.2 Å². The van der Waals surface area contributed by atoms with Gasteiger partial charge in [-0.3, -0.25) is 14.5 Å². The maximum Gasteiger partial charge on any atom is 0.268 e. The summed E-state index contributed by atoms with van der Waals surface area (Å²) in [5.41, 5.74) is 5.54. The zero-order valence-corrected chi connectivity index (χ0v) is 17.1. The van der Waals surface area contributed by atoms with Gasteiger partial charge in [-0.15, -0.1) is 0 Å². The summed E-state index contributed by atoms with van der Waals surface area (Å²) in [5, 5.41) is 6.59. The Morgan fingerprint density at radius 1 is 1.19 bits per heavy atom. The van der Waals surface area contributed by atoms with E-state index >= 15 is 0 Å². The molecular weight excluding hydrogens is 406 g/mol. The number of aromatic nitrogens is 5. The molecule has 1 aromatic carbocycles. The second-order valence-corrected chi connectivity index (χ2v) is 8.24. The highest BCUT2D eigenvalue weighted by Crippen LogP contribution is 2.29. The number of hydrogen-bond donors (Lipinski definition) is 2. The fourth-order valence-electron chi connectivity index (χ4n) is 3.08. The summed E-state index contributed by atoms with van der Waals surface area (Å²) in [6.07, 6.45) is 2.59. The molecule has 31 heavy (non-hydrogen) atoms. The molecule has 0 atom stereocenters. The van der Waals surface area contributed by atoms with Crippen LogP contribution >= 0.6 is 0 Å². The van der Waals surface area contributed by atoms with Gasteiger partial charge in [-0.2, -0.15) is 5.10 Å². The molecule has 3 heterocycles. The Kier molecular flexibility index (Phi) is 4.92. The topological polar surface area (TPSA) is 112 Å². The molecule has 0 saturated carbocycles. The van der Waals surface area contributed by atoms with Crippen molar-refractivity contribution in [3.05, 3.63) is 58.8 Å². The van der Waals surface area contributed by atoms with E-state index in [4.69, 9.17) is 10.5 Å². The van der Waals surface area contributed by atoms with Gasteiger partial charge in [-0.25, -0.2) is 18.7 Å². The highest BCUT2D eigenvalue weighted by molar-refractivity contribution is 5.97. The fraction of sp³-hybridized carbons (Fsp3) is 0.238. The first kappa shape index (κ1) is 20.5. The van der Waals surface area contributed by atoms with Crippen molar-refractivity contribution >= 4 is 16.7 Å².